The van der Waals surface area contributed by atoms with Crippen LogP contribution in [-0.4, -0.2) is 13.5 Å². The standard InChI is InChI=1S/C11H9F2NO3S2/c12-9-2-1-8(4-10(9)13)14-19(16,17)11-3-7(5-15)6-18-11/h1-4,6,14-15H,5H2. The highest BCUT2D eigenvalue weighted by Crippen LogP contribution is 2.23. The zero-order valence-corrected chi connectivity index (χ0v) is 11.1. The van der Waals surface area contributed by atoms with Gasteiger partial charge in [-0.3, -0.25) is 4.72 Å². The van der Waals surface area contributed by atoms with E-state index in [1.54, 1.807) is 0 Å². The molecule has 0 atom stereocenters. The van der Waals surface area contributed by atoms with E-state index in [-0.39, 0.29) is 16.5 Å². The van der Waals surface area contributed by atoms with Gasteiger partial charge in [-0.15, -0.1) is 11.3 Å². The van der Waals surface area contributed by atoms with E-state index >= 15 is 0 Å². The Bertz CT molecular complexity index is 698. The fourth-order valence-electron chi connectivity index (χ4n) is 1.34. The Hall–Kier alpha value is -1.51. The third kappa shape index (κ3) is 3.09. The van der Waals surface area contributed by atoms with Gasteiger partial charge in [0.15, 0.2) is 11.6 Å². The summed E-state index contributed by atoms with van der Waals surface area (Å²) in [5, 5.41) is 10.4. The predicted octanol–water partition coefficient (Wildman–Crippen LogP) is 2.32. The molecule has 1 aromatic carbocycles. The predicted molar refractivity (Wildman–Crippen MR) is 67.4 cm³/mol. The van der Waals surface area contributed by atoms with Gasteiger partial charge in [0.2, 0.25) is 0 Å². The summed E-state index contributed by atoms with van der Waals surface area (Å²) < 4.78 is 51.7. The molecule has 1 aromatic heterocycles. The van der Waals surface area contributed by atoms with E-state index in [1.807, 2.05) is 0 Å². The molecule has 0 fully saturated rings. The zero-order valence-electron chi connectivity index (χ0n) is 9.43. The van der Waals surface area contributed by atoms with Crippen molar-refractivity contribution in [1.29, 1.82) is 0 Å². The van der Waals surface area contributed by atoms with E-state index in [9.17, 15) is 17.2 Å². The quantitative estimate of drug-likeness (QED) is 0.911. The van der Waals surface area contributed by atoms with Crippen molar-refractivity contribution in [2.24, 2.45) is 0 Å². The van der Waals surface area contributed by atoms with Crippen molar-refractivity contribution in [3.05, 3.63) is 46.8 Å². The first-order valence-corrected chi connectivity index (χ1v) is 7.45. The van der Waals surface area contributed by atoms with Crippen LogP contribution < -0.4 is 4.72 Å². The molecule has 0 unspecified atom stereocenters. The Labute approximate surface area is 112 Å². The molecule has 0 spiro atoms. The van der Waals surface area contributed by atoms with Crippen LogP contribution in [0.4, 0.5) is 14.5 Å². The van der Waals surface area contributed by atoms with Gasteiger partial charge in [-0.25, -0.2) is 17.2 Å². The molecule has 2 N–H and O–H groups in total. The van der Waals surface area contributed by atoms with Crippen LogP contribution in [0.2, 0.25) is 0 Å². The van der Waals surface area contributed by atoms with Crippen LogP contribution >= 0.6 is 11.3 Å². The molecular formula is C11H9F2NO3S2. The Morgan fingerprint density at radius 2 is 1.95 bits per heavy atom. The Balaban J connectivity index is 2.28. The highest BCUT2D eigenvalue weighted by molar-refractivity contribution is 7.94. The molecule has 0 saturated heterocycles. The third-order valence-electron chi connectivity index (χ3n) is 2.25. The van der Waals surface area contributed by atoms with Crippen molar-refractivity contribution in [2.45, 2.75) is 10.8 Å². The number of nitrogens with one attached hydrogen (secondary N) is 1. The minimum atomic E-state index is -3.86. The van der Waals surface area contributed by atoms with Gasteiger partial charge in [0, 0.05) is 6.07 Å². The number of aliphatic hydroxyl groups excluding tert-OH is 1. The summed E-state index contributed by atoms with van der Waals surface area (Å²) in [5.74, 6) is -2.19. The molecule has 8 heteroatoms. The van der Waals surface area contributed by atoms with Gasteiger partial charge in [-0.05, 0) is 29.1 Å². The van der Waals surface area contributed by atoms with Crippen LogP contribution in [0.25, 0.3) is 0 Å². The number of rotatable bonds is 4. The van der Waals surface area contributed by atoms with E-state index in [2.05, 4.69) is 4.72 Å². The number of anilines is 1. The molecule has 19 heavy (non-hydrogen) atoms. The summed E-state index contributed by atoms with van der Waals surface area (Å²) >= 11 is 0.929. The molecule has 0 amide bonds. The summed E-state index contributed by atoms with van der Waals surface area (Å²) in [6.07, 6.45) is 0. The van der Waals surface area contributed by atoms with Gasteiger partial charge < -0.3 is 5.11 Å². The van der Waals surface area contributed by atoms with Crippen LogP contribution in [0, 0.1) is 11.6 Å². The van der Waals surface area contributed by atoms with Gasteiger partial charge in [-0.2, -0.15) is 0 Å². The van der Waals surface area contributed by atoms with E-state index < -0.39 is 21.7 Å². The van der Waals surface area contributed by atoms with E-state index in [1.165, 1.54) is 11.4 Å². The lowest BCUT2D eigenvalue weighted by Gasteiger charge is -2.06. The van der Waals surface area contributed by atoms with Crippen molar-refractivity contribution >= 4 is 27.0 Å². The van der Waals surface area contributed by atoms with Crippen molar-refractivity contribution in [3.63, 3.8) is 0 Å². The highest BCUT2D eigenvalue weighted by Gasteiger charge is 2.17. The first-order valence-electron chi connectivity index (χ1n) is 5.08. The van der Waals surface area contributed by atoms with Crippen LogP contribution in [-0.2, 0) is 16.6 Å². The number of aliphatic hydroxyl groups is 1. The maximum absolute atomic E-state index is 13.0. The van der Waals surface area contributed by atoms with Crippen LogP contribution in [0.5, 0.6) is 0 Å². The second kappa shape index (κ2) is 5.24. The van der Waals surface area contributed by atoms with Gasteiger partial charge in [0.1, 0.15) is 4.21 Å². The van der Waals surface area contributed by atoms with E-state index in [0.29, 0.717) is 5.56 Å². The first kappa shape index (κ1) is 13.9. The molecule has 0 aliphatic rings. The van der Waals surface area contributed by atoms with Crippen LogP contribution in [0.15, 0.2) is 33.9 Å². The fourth-order valence-corrected chi connectivity index (χ4v) is 3.59. The normalized spacial score (nSPS) is 11.5. The highest BCUT2D eigenvalue weighted by atomic mass is 32.2. The van der Waals surface area contributed by atoms with Gasteiger partial charge in [-0.1, -0.05) is 0 Å². The zero-order chi connectivity index (χ0) is 14.0. The molecule has 4 nitrogen and oxygen atoms in total. The van der Waals surface area contributed by atoms with E-state index in [4.69, 9.17) is 5.11 Å². The lowest BCUT2D eigenvalue weighted by molar-refractivity contribution is 0.282. The molecule has 2 rings (SSSR count). The van der Waals surface area contributed by atoms with Crippen LogP contribution in [0.3, 0.4) is 0 Å². The van der Waals surface area contributed by atoms with Crippen molar-refractivity contribution in [2.75, 3.05) is 4.72 Å². The summed E-state index contributed by atoms with van der Waals surface area (Å²) in [5.41, 5.74) is 0.397. The summed E-state index contributed by atoms with van der Waals surface area (Å²) in [6.45, 7) is -0.267. The molecular weight excluding hydrogens is 296 g/mol. The van der Waals surface area contributed by atoms with Crippen molar-refractivity contribution < 1.29 is 22.3 Å². The van der Waals surface area contributed by atoms with Gasteiger partial charge in [0.05, 0.1) is 12.3 Å². The number of halogens is 2. The molecule has 0 saturated carbocycles. The van der Waals surface area contributed by atoms with E-state index in [0.717, 1.165) is 29.5 Å². The average molecular weight is 305 g/mol. The minimum Gasteiger partial charge on any atom is -0.392 e. The average Bonchev–Trinajstić information content (AvgIpc) is 2.83. The summed E-state index contributed by atoms with van der Waals surface area (Å²) in [4.78, 5) is 0. The SMILES string of the molecule is O=S(=O)(Nc1ccc(F)c(F)c1)c1cc(CO)cs1. The molecule has 0 aliphatic carbocycles. The molecule has 0 bridgehead atoms. The summed E-state index contributed by atoms with van der Waals surface area (Å²) in [6, 6.07) is 4.03. The lowest BCUT2D eigenvalue weighted by Crippen LogP contribution is -2.11. The number of benzene rings is 1. The topological polar surface area (TPSA) is 66.4 Å². The Morgan fingerprint density at radius 1 is 1.21 bits per heavy atom. The largest absolute Gasteiger partial charge is 0.392 e. The van der Waals surface area contributed by atoms with Crippen LogP contribution in [0.1, 0.15) is 5.56 Å². The number of hydrogen-bond acceptors (Lipinski definition) is 4. The van der Waals surface area contributed by atoms with Gasteiger partial charge in [0.25, 0.3) is 10.0 Å². The number of hydrogen-bond donors (Lipinski definition) is 2. The minimum absolute atomic E-state index is 0.0127. The first-order chi connectivity index (χ1) is 8.92. The maximum Gasteiger partial charge on any atom is 0.271 e. The van der Waals surface area contributed by atoms with Crippen molar-refractivity contribution in [1.82, 2.24) is 0 Å². The number of sulfonamides is 1. The Morgan fingerprint density at radius 3 is 2.53 bits per heavy atom. The monoisotopic (exact) mass is 305 g/mol. The third-order valence-corrected chi connectivity index (χ3v) is 5.12. The number of thiophene rings is 1. The second-order valence-corrected chi connectivity index (χ2v) is 6.49. The molecule has 0 radical (unpaired) electrons. The molecule has 102 valence electrons. The maximum atomic E-state index is 13.0. The van der Waals surface area contributed by atoms with Gasteiger partial charge >= 0.3 is 0 Å². The smallest absolute Gasteiger partial charge is 0.271 e. The lowest BCUT2D eigenvalue weighted by atomic mass is 10.3. The fraction of sp³-hybridized carbons (Fsp3) is 0.0909. The Kier molecular flexibility index (Phi) is 3.83. The second-order valence-electron chi connectivity index (χ2n) is 3.67. The molecule has 1 heterocycles. The molecule has 0 aliphatic heterocycles. The molecule has 2 aromatic rings. The van der Waals surface area contributed by atoms with Crippen molar-refractivity contribution in [3.8, 4) is 0 Å². The summed E-state index contributed by atoms with van der Waals surface area (Å²) in [7, 11) is -3.86.